The van der Waals surface area contributed by atoms with Crippen molar-refractivity contribution >= 4 is 35.5 Å². The maximum atomic E-state index is 2.28. The Kier molecular flexibility index (Phi) is 8.83. The number of hydrogen-bond acceptors (Lipinski definition) is 0. The van der Waals surface area contributed by atoms with E-state index < -0.39 is 0 Å². The molecule has 40 heavy (non-hydrogen) atoms. The second-order valence-corrected chi connectivity index (χ2v) is 11.7. The number of aryl methyl sites for hydroxylation is 4. The summed E-state index contributed by atoms with van der Waals surface area (Å²) in [5.74, 6) is 0. The quantitative estimate of drug-likeness (QED) is 0.175. The van der Waals surface area contributed by atoms with Crippen LogP contribution in [0.2, 0.25) is 0 Å². The van der Waals surface area contributed by atoms with Gasteiger partial charge in [0.1, 0.15) is 0 Å². The summed E-state index contributed by atoms with van der Waals surface area (Å²) in [6.07, 6.45) is 0. The van der Waals surface area contributed by atoms with E-state index in [2.05, 4.69) is 161 Å². The number of rotatable bonds is 2. The van der Waals surface area contributed by atoms with E-state index in [1.807, 2.05) is 0 Å². The van der Waals surface area contributed by atoms with Gasteiger partial charge in [-0.05, 0) is 20.8 Å². The van der Waals surface area contributed by atoms with E-state index in [-0.39, 0.29) is 0 Å². The molecule has 0 aliphatic rings. The number of hydrogen-bond donors (Lipinski definition) is 0. The minimum atomic E-state index is 1.33. The molecule has 1 heteroatoms. The van der Waals surface area contributed by atoms with Crippen LogP contribution >= 0.6 is 0 Å². The van der Waals surface area contributed by atoms with Crippen molar-refractivity contribution in [3.8, 4) is 0 Å². The Balaban J connectivity index is 0.000000123. The van der Waals surface area contributed by atoms with E-state index in [1.54, 1.807) is 0 Å². The third-order valence-electron chi connectivity index (χ3n) is 7.39. The van der Waals surface area contributed by atoms with Gasteiger partial charge in [-0.1, -0.05) is 53.9 Å². The van der Waals surface area contributed by atoms with Crippen molar-refractivity contribution in [2.45, 2.75) is 27.7 Å². The molecule has 0 atom stereocenters. The van der Waals surface area contributed by atoms with Crippen molar-refractivity contribution in [2.75, 3.05) is 0 Å². The Hall–Kier alpha value is -3.67. The van der Waals surface area contributed by atoms with E-state index in [1.165, 1.54) is 93.1 Å². The van der Waals surface area contributed by atoms with Crippen LogP contribution in [0.3, 0.4) is 0 Å². The van der Waals surface area contributed by atoms with Gasteiger partial charge in [-0.25, -0.2) is 0 Å². The standard InChI is InChI=1S/C15H13.C13H10.C11H11.Zr/c1-10-3-5-14-12(7-10)9-13-8-11(2)4-6-15(13)14;1-3-7-12(8-4-1)11-13-9-5-2-6-10-13;1-8-6-7-9(2)11-5-3-4-10(8)11;/h3-9H,1-2H3;1-10H;3-7H,1-2H3;/q-1;;-1;+2. The van der Waals surface area contributed by atoms with E-state index in [9.17, 15) is 0 Å². The zero-order chi connectivity index (χ0) is 28.1. The van der Waals surface area contributed by atoms with Crippen molar-refractivity contribution in [1.82, 2.24) is 0 Å². The molecule has 0 aliphatic carbocycles. The molecular weight excluding hydrogens is 560 g/mol. The Bertz CT molecular complexity index is 1750. The molecule has 7 aromatic carbocycles. The van der Waals surface area contributed by atoms with Gasteiger partial charge in [0.15, 0.2) is 0 Å². The first-order valence-electron chi connectivity index (χ1n) is 13.8. The molecule has 7 aromatic rings. The maximum absolute atomic E-state index is 2.28. The van der Waals surface area contributed by atoms with E-state index in [0.29, 0.717) is 0 Å². The molecule has 0 aromatic heterocycles. The minimum absolute atomic E-state index is 1.33. The van der Waals surface area contributed by atoms with Gasteiger partial charge in [-0.3, -0.25) is 0 Å². The second kappa shape index (κ2) is 12.7. The van der Waals surface area contributed by atoms with E-state index >= 15 is 0 Å². The summed E-state index contributed by atoms with van der Waals surface area (Å²) < 4.78 is 1.42. The molecule has 0 saturated heterocycles. The fourth-order valence-electron chi connectivity index (χ4n) is 5.17. The van der Waals surface area contributed by atoms with Crippen LogP contribution in [-0.4, -0.2) is 3.21 Å². The molecule has 7 rings (SSSR count). The molecule has 0 unspecified atom stereocenters. The second-order valence-electron chi connectivity index (χ2n) is 10.5. The van der Waals surface area contributed by atoms with Gasteiger partial charge >= 0.3 is 99.2 Å². The van der Waals surface area contributed by atoms with Gasteiger partial charge in [-0.2, -0.15) is 12.1 Å². The molecule has 0 nitrogen and oxygen atoms in total. The average molecular weight is 594 g/mol. The summed E-state index contributed by atoms with van der Waals surface area (Å²) in [6, 6.07) is 47.5. The first kappa shape index (κ1) is 27.9. The Morgan fingerprint density at radius 3 is 1.52 bits per heavy atom. The van der Waals surface area contributed by atoms with Crippen molar-refractivity contribution in [3.05, 3.63) is 167 Å². The third kappa shape index (κ3) is 6.38. The van der Waals surface area contributed by atoms with Crippen LogP contribution in [0.4, 0.5) is 0 Å². The zero-order valence-corrected chi connectivity index (χ0v) is 26.2. The molecule has 0 aliphatic heterocycles. The summed E-state index contributed by atoms with van der Waals surface area (Å²) >= 11 is 1.46. The molecular formula is C39H34Zr. The molecule has 0 saturated carbocycles. The third-order valence-corrected chi connectivity index (χ3v) is 8.81. The molecule has 0 radical (unpaired) electrons. The number of benzene rings is 5. The topological polar surface area (TPSA) is 0 Å². The molecule has 194 valence electrons. The summed E-state index contributed by atoms with van der Waals surface area (Å²) in [5.41, 5.74) is 8.06. The molecule has 0 heterocycles. The van der Waals surface area contributed by atoms with Crippen molar-refractivity contribution in [3.63, 3.8) is 0 Å². The Labute approximate surface area is 253 Å². The SMILES string of the molecule is Cc1ccc(C)c2[cH-]ccc12.Cc1ccc2c(c1)[cH-]c1cc(C)ccc12.[Zr+2]=[C](c1ccccc1)c1ccccc1. The van der Waals surface area contributed by atoms with Crippen molar-refractivity contribution in [1.29, 1.82) is 0 Å². The van der Waals surface area contributed by atoms with Crippen LogP contribution < -0.4 is 0 Å². The molecule has 0 bridgehead atoms. The fraction of sp³-hybridized carbons (Fsp3) is 0.103. The van der Waals surface area contributed by atoms with Crippen LogP contribution in [0.15, 0.2) is 133 Å². The van der Waals surface area contributed by atoms with Crippen molar-refractivity contribution in [2.24, 2.45) is 0 Å². The van der Waals surface area contributed by atoms with Crippen molar-refractivity contribution < 1.29 is 24.2 Å². The monoisotopic (exact) mass is 592 g/mol. The molecule has 0 fully saturated rings. The van der Waals surface area contributed by atoms with Gasteiger partial charge in [0.2, 0.25) is 0 Å². The first-order chi connectivity index (χ1) is 19.4. The normalized spacial score (nSPS) is 10.7. The van der Waals surface area contributed by atoms with Crippen LogP contribution in [0, 0.1) is 27.7 Å². The zero-order valence-electron chi connectivity index (χ0n) is 23.7. The first-order valence-corrected chi connectivity index (χ1v) is 15.0. The van der Waals surface area contributed by atoms with Gasteiger partial charge < -0.3 is 0 Å². The number of fused-ring (bicyclic) bond motifs is 4. The molecule has 0 amide bonds. The fourth-order valence-corrected chi connectivity index (χ4v) is 5.99. The van der Waals surface area contributed by atoms with Gasteiger partial charge in [0.05, 0.1) is 0 Å². The predicted molar refractivity (Wildman–Crippen MR) is 172 cm³/mol. The van der Waals surface area contributed by atoms with Crippen LogP contribution in [0.1, 0.15) is 33.4 Å². The van der Waals surface area contributed by atoms with E-state index in [0.717, 1.165) is 0 Å². The van der Waals surface area contributed by atoms with E-state index in [4.69, 9.17) is 0 Å². The predicted octanol–water partition coefficient (Wildman–Crippen LogP) is 10.3. The van der Waals surface area contributed by atoms with Gasteiger partial charge in [-0.15, -0.1) is 68.2 Å². The van der Waals surface area contributed by atoms with Gasteiger partial charge in [0.25, 0.3) is 0 Å². The van der Waals surface area contributed by atoms with Crippen LogP contribution in [0.25, 0.3) is 32.3 Å². The Morgan fingerprint density at radius 1 is 0.525 bits per heavy atom. The average Bonchev–Trinajstić information content (AvgIpc) is 3.62. The summed E-state index contributed by atoms with van der Waals surface area (Å²) in [5, 5.41) is 8.24. The summed E-state index contributed by atoms with van der Waals surface area (Å²) in [4.78, 5) is 0. The summed E-state index contributed by atoms with van der Waals surface area (Å²) in [6.45, 7) is 8.59. The van der Waals surface area contributed by atoms with Crippen LogP contribution in [-0.2, 0) is 24.2 Å². The van der Waals surface area contributed by atoms with Gasteiger partial charge in [0, 0.05) is 0 Å². The van der Waals surface area contributed by atoms with Crippen LogP contribution in [0.5, 0.6) is 0 Å². The molecule has 0 N–H and O–H groups in total. The molecule has 0 spiro atoms. The Morgan fingerprint density at radius 2 is 1.02 bits per heavy atom. The summed E-state index contributed by atoms with van der Waals surface area (Å²) in [7, 11) is 0.